The van der Waals surface area contributed by atoms with Gasteiger partial charge in [0, 0.05) is 17.6 Å². The molecule has 13 heavy (non-hydrogen) atoms. The van der Waals surface area contributed by atoms with Gasteiger partial charge in [-0.1, -0.05) is 6.42 Å². The summed E-state index contributed by atoms with van der Waals surface area (Å²) in [5, 5.41) is 0.629. The number of hydrogen-bond acceptors (Lipinski definition) is 3. The Bertz CT molecular complexity index is 282. The minimum atomic E-state index is 0.629. The van der Waals surface area contributed by atoms with Crippen LogP contribution in [0.3, 0.4) is 0 Å². The van der Waals surface area contributed by atoms with E-state index < -0.39 is 0 Å². The van der Waals surface area contributed by atoms with E-state index in [-0.39, 0.29) is 0 Å². The van der Waals surface area contributed by atoms with Crippen molar-refractivity contribution in [3.63, 3.8) is 0 Å². The van der Waals surface area contributed by atoms with Crippen LogP contribution < -0.4 is 5.73 Å². The zero-order valence-corrected chi connectivity index (χ0v) is 8.39. The third kappa shape index (κ3) is 2.15. The highest BCUT2D eigenvalue weighted by Gasteiger charge is 2.15. The molecule has 2 rings (SSSR count). The van der Waals surface area contributed by atoms with E-state index in [0.717, 1.165) is 5.69 Å². The highest BCUT2D eigenvalue weighted by Crippen LogP contribution is 2.38. The molecule has 0 spiro atoms. The van der Waals surface area contributed by atoms with Gasteiger partial charge in [-0.25, -0.2) is 0 Å². The van der Waals surface area contributed by atoms with E-state index in [0.29, 0.717) is 5.25 Å². The molecule has 70 valence electrons. The zero-order chi connectivity index (χ0) is 9.10. The van der Waals surface area contributed by atoms with Gasteiger partial charge >= 0.3 is 0 Å². The summed E-state index contributed by atoms with van der Waals surface area (Å²) >= 11 is 2.03. The first-order valence-electron chi connectivity index (χ1n) is 4.68. The summed E-state index contributed by atoms with van der Waals surface area (Å²) in [6.07, 6.45) is 7.62. The topological polar surface area (TPSA) is 38.9 Å². The van der Waals surface area contributed by atoms with Crippen LogP contribution in [0.15, 0.2) is 18.5 Å². The van der Waals surface area contributed by atoms with Crippen molar-refractivity contribution >= 4 is 17.4 Å². The average molecular weight is 194 g/mol. The van der Waals surface area contributed by atoms with Gasteiger partial charge in [-0.15, -0.1) is 0 Å². The second-order valence-corrected chi connectivity index (χ2v) is 4.72. The number of pyridine rings is 1. The van der Waals surface area contributed by atoms with Crippen molar-refractivity contribution in [1.82, 2.24) is 4.98 Å². The van der Waals surface area contributed by atoms with E-state index in [4.69, 9.17) is 5.73 Å². The van der Waals surface area contributed by atoms with Crippen LogP contribution in [-0.4, -0.2) is 10.7 Å². The van der Waals surface area contributed by atoms with Crippen LogP contribution in [0.5, 0.6) is 0 Å². The zero-order valence-electron chi connectivity index (χ0n) is 7.57. The fraction of sp³-hybridized carbons (Fsp3) is 0.500. The van der Waals surface area contributed by atoms with Crippen molar-refractivity contribution < 1.29 is 0 Å². The van der Waals surface area contributed by atoms with Crippen molar-refractivity contribution in [2.75, 3.05) is 11.5 Å². The summed E-state index contributed by atoms with van der Waals surface area (Å²) < 4.78 is 0. The molecule has 2 N–H and O–H groups in total. The van der Waals surface area contributed by atoms with Crippen LogP contribution in [-0.2, 0) is 0 Å². The van der Waals surface area contributed by atoms with Crippen molar-refractivity contribution in [3.8, 4) is 0 Å². The van der Waals surface area contributed by atoms with E-state index in [9.17, 15) is 0 Å². The average Bonchev–Trinajstić information content (AvgIpc) is 2.19. The molecule has 1 aliphatic heterocycles. The minimum Gasteiger partial charge on any atom is -0.397 e. The summed E-state index contributed by atoms with van der Waals surface area (Å²) in [4.78, 5) is 4.12. The van der Waals surface area contributed by atoms with E-state index in [1.54, 1.807) is 6.20 Å². The van der Waals surface area contributed by atoms with Gasteiger partial charge in [0.15, 0.2) is 0 Å². The maximum Gasteiger partial charge on any atom is 0.0503 e. The molecule has 0 amide bonds. The van der Waals surface area contributed by atoms with Gasteiger partial charge in [-0.05, 0) is 30.2 Å². The monoisotopic (exact) mass is 194 g/mol. The third-order valence-corrected chi connectivity index (χ3v) is 3.77. The second-order valence-electron chi connectivity index (χ2n) is 3.41. The summed E-state index contributed by atoms with van der Waals surface area (Å²) in [6.45, 7) is 0. The summed E-state index contributed by atoms with van der Waals surface area (Å²) in [6, 6.07) is 2.05. The molecule has 1 atom stereocenters. The van der Waals surface area contributed by atoms with Crippen molar-refractivity contribution in [1.29, 1.82) is 0 Å². The number of hydrogen-bond donors (Lipinski definition) is 1. The number of nitrogen functional groups attached to an aromatic ring is 1. The number of thioether (sulfide) groups is 1. The Morgan fingerprint density at radius 1 is 1.38 bits per heavy atom. The van der Waals surface area contributed by atoms with E-state index in [1.165, 1.54) is 30.6 Å². The molecule has 1 aromatic heterocycles. The first-order chi connectivity index (χ1) is 6.36. The summed E-state index contributed by atoms with van der Waals surface area (Å²) in [5.41, 5.74) is 7.77. The molecule has 0 aliphatic carbocycles. The predicted molar refractivity (Wildman–Crippen MR) is 57.7 cm³/mol. The number of nitrogens with zero attached hydrogens (tertiary/aromatic N) is 1. The quantitative estimate of drug-likeness (QED) is 0.747. The molecule has 1 unspecified atom stereocenters. The maximum atomic E-state index is 5.69. The van der Waals surface area contributed by atoms with E-state index in [1.807, 2.05) is 18.0 Å². The normalized spacial score (nSPS) is 22.9. The molecule has 0 aromatic carbocycles. The van der Waals surface area contributed by atoms with Gasteiger partial charge in [0.05, 0.1) is 5.69 Å². The van der Waals surface area contributed by atoms with Gasteiger partial charge in [0.25, 0.3) is 0 Å². The lowest BCUT2D eigenvalue weighted by Crippen LogP contribution is -2.03. The van der Waals surface area contributed by atoms with Crippen LogP contribution in [0.25, 0.3) is 0 Å². The van der Waals surface area contributed by atoms with Gasteiger partial charge in [0.2, 0.25) is 0 Å². The molecule has 1 fully saturated rings. The molecule has 1 saturated heterocycles. The van der Waals surface area contributed by atoms with Gasteiger partial charge in [0.1, 0.15) is 0 Å². The van der Waals surface area contributed by atoms with Gasteiger partial charge < -0.3 is 5.73 Å². The van der Waals surface area contributed by atoms with Crippen LogP contribution >= 0.6 is 11.8 Å². The Morgan fingerprint density at radius 2 is 2.31 bits per heavy atom. The Labute approximate surface area is 82.9 Å². The lowest BCUT2D eigenvalue weighted by Gasteiger charge is -2.21. The number of rotatable bonds is 1. The molecule has 2 heterocycles. The van der Waals surface area contributed by atoms with E-state index >= 15 is 0 Å². The van der Waals surface area contributed by atoms with Crippen molar-refractivity contribution in [2.24, 2.45) is 0 Å². The molecule has 2 nitrogen and oxygen atoms in total. The van der Waals surface area contributed by atoms with Crippen molar-refractivity contribution in [2.45, 2.75) is 24.5 Å². The van der Waals surface area contributed by atoms with Crippen LogP contribution in [0, 0.1) is 0 Å². The summed E-state index contributed by atoms with van der Waals surface area (Å²) in [7, 11) is 0. The maximum absolute atomic E-state index is 5.69. The van der Waals surface area contributed by atoms with Crippen LogP contribution in [0.2, 0.25) is 0 Å². The van der Waals surface area contributed by atoms with E-state index in [2.05, 4.69) is 11.1 Å². The molecular weight excluding hydrogens is 180 g/mol. The van der Waals surface area contributed by atoms with Crippen LogP contribution in [0.4, 0.5) is 5.69 Å². The molecular formula is C10H14N2S. The first-order valence-corrected chi connectivity index (χ1v) is 5.73. The molecule has 3 heteroatoms. The smallest absolute Gasteiger partial charge is 0.0503 e. The largest absolute Gasteiger partial charge is 0.397 e. The SMILES string of the molecule is Nc1cncc(C2CCCCS2)c1. The highest BCUT2D eigenvalue weighted by molar-refractivity contribution is 7.99. The number of aromatic nitrogens is 1. The molecule has 1 aromatic rings. The highest BCUT2D eigenvalue weighted by atomic mass is 32.2. The van der Waals surface area contributed by atoms with Crippen LogP contribution in [0.1, 0.15) is 30.1 Å². The minimum absolute atomic E-state index is 0.629. The third-order valence-electron chi connectivity index (χ3n) is 2.33. The Balaban J connectivity index is 2.14. The number of nitrogens with two attached hydrogens (primary N) is 1. The fourth-order valence-corrected chi connectivity index (χ4v) is 2.97. The van der Waals surface area contributed by atoms with Crippen molar-refractivity contribution in [3.05, 3.63) is 24.0 Å². The Morgan fingerprint density at radius 3 is 3.00 bits per heavy atom. The lowest BCUT2D eigenvalue weighted by molar-refractivity contribution is 0.685. The Hall–Kier alpha value is -0.700. The van der Waals surface area contributed by atoms with Gasteiger partial charge in [-0.2, -0.15) is 11.8 Å². The fourth-order valence-electron chi connectivity index (χ4n) is 1.66. The molecule has 0 bridgehead atoms. The molecule has 1 aliphatic rings. The first kappa shape index (κ1) is 8.88. The standard InChI is InChI=1S/C10H14N2S/c11-9-5-8(6-12-7-9)10-3-1-2-4-13-10/h5-7,10H,1-4,11H2. The lowest BCUT2D eigenvalue weighted by atomic mass is 10.1. The molecule has 0 saturated carbocycles. The second kappa shape index (κ2) is 4.01. The predicted octanol–water partition coefficient (Wildman–Crippen LogP) is 2.62. The Kier molecular flexibility index (Phi) is 2.74. The van der Waals surface area contributed by atoms with Gasteiger partial charge in [-0.3, -0.25) is 4.98 Å². The molecule has 0 radical (unpaired) electrons. The summed E-state index contributed by atoms with van der Waals surface area (Å²) in [5.74, 6) is 1.28. The number of anilines is 1.